The zero-order valence-corrected chi connectivity index (χ0v) is 11.6. The highest BCUT2D eigenvalue weighted by atomic mass is 16.6. The van der Waals surface area contributed by atoms with Crippen molar-refractivity contribution in [2.24, 2.45) is 0 Å². The quantitative estimate of drug-likeness (QED) is 0.561. The molecule has 0 aliphatic carbocycles. The van der Waals surface area contributed by atoms with Gasteiger partial charge in [0, 0.05) is 11.8 Å². The van der Waals surface area contributed by atoms with Crippen LogP contribution in [0, 0.1) is 10.1 Å². The van der Waals surface area contributed by atoms with E-state index in [9.17, 15) is 24.8 Å². The number of benzene rings is 1. The summed E-state index contributed by atoms with van der Waals surface area (Å²) in [6, 6.07) is 2.71. The maximum absolute atomic E-state index is 11.3. The van der Waals surface area contributed by atoms with Gasteiger partial charge in [0.25, 0.3) is 5.69 Å². The van der Waals surface area contributed by atoms with E-state index in [1.165, 1.54) is 19.1 Å². The number of anilines is 2. The highest BCUT2D eigenvalue weighted by Gasteiger charge is 2.34. The van der Waals surface area contributed by atoms with Crippen molar-refractivity contribution in [2.45, 2.75) is 32.2 Å². The van der Waals surface area contributed by atoms with Crippen molar-refractivity contribution in [2.75, 3.05) is 10.6 Å². The number of fused-ring (bicyclic) bond motifs is 1. The van der Waals surface area contributed by atoms with Crippen molar-refractivity contribution in [3.8, 4) is 0 Å². The Morgan fingerprint density at radius 2 is 2.24 bits per heavy atom. The first-order valence-electron chi connectivity index (χ1n) is 6.39. The number of hydrogen-bond donors (Lipinski definition) is 3. The molecule has 0 aromatic heterocycles. The first-order valence-corrected chi connectivity index (χ1v) is 6.39. The van der Waals surface area contributed by atoms with Crippen LogP contribution in [-0.2, 0) is 16.0 Å². The van der Waals surface area contributed by atoms with E-state index in [0.717, 1.165) is 0 Å². The molecule has 8 heteroatoms. The summed E-state index contributed by atoms with van der Waals surface area (Å²) in [5.41, 5.74) is -0.497. The van der Waals surface area contributed by atoms with E-state index in [4.69, 9.17) is 0 Å². The van der Waals surface area contributed by atoms with Crippen molar-refractivity contribution in [3.05, 3.63) is 27.8 Å². The Hall–Kier alpha value is -2.64. The molecule has 0 saturated carbocycles. The summed E-state index contributed by atoms with van der Waals surface area (Å²) in [6.45, 7) is 3.12. The van der Waals surface area contributed by atoms with Crippen molar-refractivity contribution >= 4 is 28.9 Å². The van der Waals surface area contributed by atoms with Gasteiger partial charge in [0.2, 0.25) is 5.91 Å². The monoisotopic (exact) mass is 293 g/mol. The van der Waals surface area contributed by atoms with Crippen LogP contribution in [0.4, 0.5) is 17.1 Å². The van der Waals surface area contributed by atoms with Gasteiger partial charge in [-0.1, -0.05) is 6.92 Å². The number of nitro benzene ring substituents is 1. The summed E-state index contributed by atoms with van der Waals surface area (Å²) in [5.74, 6) is -1.35. The third-order valence-electron chi connectivity index (χ3n) is 3.63. The van der Waals surface area contributed by atoms with E-state index in [1.807, 2.05) is 0 Å². The first kappa shape index (κ1) is 14.8. The van der Waals surface area contributed by atoms with E-state index < -0.39 is 16.4 Å². The Balaban J connectivity index is 2.48. The molecule has 1 aliphatic rings. The molecular weight excluding hydrogens is 278 g/mol. The van der Waals surface area contributed by atoms with Gasteiger partial charge in [0.15, 0.2) is 0 Å². The number of aliphatic carboxylic acids is 1. The summed E-state index contributed by atoms with van der Waals surface area (Å²) in [6.07, 6.45) is 0.323. The van der Waals surface area contributed by atoms with Gasteiger partial charge in [-0.05, 0) is 25.0 Å². The molecule has 0 bridgehead atoms. The molecule has 0 spiro atoms. The Bertz CT molecular complexity index is 643. The average molecular weight is 293 g/mol. The lowest BCUT2D eigenvalue weighted by Crippen LogP contribution is -2.42. The second-order valence-electron chi connectivity index (χ2n) is 5.12. The fourth-order valence-corrected chi connectivity index (χ4v) is 2.10. The van der Waals surface area contributed by atoms with Crippen LogP contribution in [-0.4, -0.2) is 27.4 Å². The van der Waals surface area contributed by atoms with Crippen LogP contribution in [0.3, 0.4) is 0 Å². The minimum atomic E-state index is -1.33. The molecule has 1 atom stereocenters. The van der Waals surface area contributed by atoms with E-state index in [2.05, 4.69) is 10.6 Å². The first-order chi connectivity index (χ1) is 9.76. The normalized spacial score (nSPS) is 15.8. The molecule has 0 fully saturated rings. The van der Waals surface area contributed by atoms with Crippen molar-refractivity contribution < 1.29 is 19.6 Å². The van der Waals surface area contributed by atoms with E-state index in [1.54, 1.807) is 6.92 Å². The summed E-state index contributed by atoms with van der Waals surface area (Å²) in [4.78, 5) is 33.2. The number of carbonyl (C=O) groups is 2. The van der Waals surface area contributed by atoms with Crippen LogP contribution in [0.2, 0.25) is 0 Å². The lowest BCUT2D eigenvalue weighted by molar-refractivity contribution is -0.384. The number of carboxylic acids is 1. The van der Waals surface area contributed by atoms with Crippen LogP contribution in [0.5, 0.6) is 0 Å². The van der Waals surface area contributed by atoms with Gasteiger partial charge in [0.05, 0.1) is 11.3 Å². The number of carboxylic acid groups (broad SMARTS) is 1. The van der Waals surface area contributed by atoms with Gasteiger partial charge in [0.1, 0.15) is 11.2 Å². The lowest BCUT2D eigenvalue weighted by Gasteiger charge is -2.26. The highest BCUT2D eigenvalue weighted by molar-refractivity contribution is 6.00. The Kier molecular flexibility index (Phi) is 3.54. The molecule has 1 aromatic carbocycles. The Labute approximate surface area is 120 Å². The smallest absolute Gasteiger partial charge is 0.329 e. The van der Waals surface area contributed by atoms with Gasteiger partial charge in [-0.25, -0.2) is 4.79 Å². The molecule has 1 heterocycles. The largest absolute Gasteiger partial charge is 0.480 e. The number of nitrogens with zero attached hydrogens (tertiary/aromatic N) is 1. The summed E-state index contributed by atoms with van der Waals surface area (Å²) >= 11 is 0. The molecule has 21 heavy (non-hydrogen) atoms. The fourth-order valence-electron chi connectivity index (χ4n) is 2.10. The van der Waals surface area contributed by atoms with Crippen LogP contribution < -0.4 is 10.6 Å². The third kappa shape index (κ3) is 2.64. The summed E-state index contributed by atoms with van der Waals surface area (Å²) in [5, 5.41) is 25.7. The van der Waals surface area contributed by atoms with Gasteiger partial charge < -0.3 is 15.7 Å². The number of hydrogen-bond acceptors (Lipinski definition) is 5. The minimum Gasteiger partial charge on any atom is -0.480 e. The molecule has 2 rings (SSSR count). The van der Waals surface area contributed by atoms with E-state index in [0.29, 0.717) is 11.3 Å². The van der Waals surface area contributed by atoms with Gasteiger partial charge >= 0.3 is 5.97 Å². The van der Waals surface area contributed by atoms with Crippen LogP contribution in [0.1, 0.15) is 25.8 Å². The molecule has 0 radical (unpaired) electrons. The SMILES string of the molecule is CCC(C)(Nc1cc2c(cc1[N+](=O)[O-])CC(=O)N2)C(=O)O. The van der Waals surface area contributed by atoms with Gasteiger partial charge in [-0.15, -0.1) is 0 Å². The molecule has 112 valence electrons. The zero-order valence-electron chi connectivity index (χ0n) is 11.6. The molecular formula is C13H15N3O5. The van der Waals surface area contributed by atoms with Crippen molar-refractivity contribution in [1.82, 2.24) is 0 Å². The number of nitrogens with one attached hydrogen (secondary N) is 2. The standard InChI is InChI=1S/C13H15N3O5/c1-3-13(2,12(18)19)15-9-6-8-7(5-11(17)14-8)4-10(9)16(20)21/h4,6,15H,3,5H2,1-2H3,(H,14,17)(H,18,19). The number of rotatable bonds is 5. The second kappa shape index (κ2) is 5.04. The van der Waals surface area contributed by atoms with Crippen molar-refractivity contribution in [3.63, 3.8) is 0 Å². The van der Waals surface area contributed by atoms with E-state index in [-0.39, 0.29) is 30.1 Å². The van der Waals surface area contributed by atoms with Crippen LogP contribution >= 0.6 is 0 Å². The highest BCUT2D eigenvalue weighted by Crippen LogP contribution is 2.36. The number of nitro groups is 1. The molecule has 1 aromatic rings. The van der Waals surface area contributed by atoms with Gasteiger partial charge in [-0.3, -0.25) is 14.9 Å². The summed E-state index contributed by atoms with van der Waals surface area (Å²) in [7, 11) is 0. The predicted octanol–water partition coefficient (Wildman–Crippen LogP) is 1.75. The minimum absolute atomic E-state index is 0.0766. The average Bonchev–Trinajstić information content (AvgIpc) is 2.76. The zero-order chi connectivity index (χ0) is 15.8. The molecule has 8 nitrogen and oxygen atoms in total. The van der Waals surface area contributed by atoms with Crippen LogP contribution in [0.15, 0.2) is 12.1 Å². The lowest BCUT2D eigenvalue weighted by atomic mass is 9.98. The molecule has 3 N–H and O–H groups in total. The molecule has 1 aliphatic heterocycles. The maximum Gasteiger partial charge on any atom is 0.329 e. The topological polar surface area (TPSA) is 122 Å². The molecule has 0 saturated heterocycles. The van der Waals surface area contributed by atoms with Crippen molar-refractivity contribution in [1.29, 1.82) is 0 Å². The molecule has 1 unspecified atom stereocenters. The second-order valence-corrected chi connectivity index (χ2v) is 5.12. The van der Waals surface area contributed by atoms with Gasteiger partial charge in [-0.2, -0.15) is 0 Å². The Morgan fingerprint density at radius 3 is 2.76 bits per heavy atom. The summed E-state index contributed by atoms with van der Waals surface area (Å²) < 4.78 is 0. The predicted molar refractivity (Wildman–Crippen MR) is 75.4 cm³/mol. The maximum atomic E-state index is 11.3. The van der Waals surface area contributed by atoms with Crippen LogP contribution in [0.25, 0.3) is 0 Å². The molecule has 1 amide bonds. The number of amides is 1. The fraction of sp³-hybridized carbons (Fsp3) is 0.385. The van der Waals surface area contributed by atoms with E-state index >= 15 is 0 Å². The number of carbonyl (C=O) groups excluding carboxylic acids is 1. The Morgan fingerprint density at radius 1 is 1.57 bits per heavy atom. The third-order valence-corrected chi connectivity index (χ3v) is 3.63.